The summed E-state index contributed by atoms with van der Waals surface area (Å²) in [7, 11) is 0. The molecule has 1 aromatic carbocycles. The van der Waals surface area contributed by atoms with E-state index in [9.17, 15) is 0 Å². The topological polar surface area (TPSA) is 53.6 Å². The Hall–Kier alpha value is -3.24. The van der Waals surface area contributed by atoms with Crippen molar-refractivity contribution in [3.63, 3.8) is 0 Å². The zero-order valence-corrected chi connectivity index (χ0v) is 17.7. The van der Waals surface area contributed by atoms with Crippen LogP contribution in [0.3, 0.4) is 0 Å². The van der Waals surface area contributed by atoms with E-state index >= 15 is 0 Å². The van der Waals surface area contributed by atoms with Crippen molar-refractivity contribution in [1.82, 2.24) is 20.3 Å². The molecule has 0 bridgehead atoms. The van der Waals surface area contributed by atoms with E-state index in [1.165, 1.54) is 33.3 Å². The molecule has 2 N–H and O–H groups in total. The number of nitrogens with one attached hydrogen (secondary N) is 2. The second-order valence-electron chi connectivity index (χ2n) is 8.14. The lowest BCUT2D eigenvalue weighted by Crippen LogP contribution is -2.20. The van der Waals surface area contributed by atoms with E-state index in [-0.39, 0.29) is 0 Å². The number of aromatic nitrogens is 3. The van der Waals surface area contributed by atoms with E-state index in [0.717, 1.165) is 47.7 Å². The maximum absolute atomic E-state index is 4.74. The Morgan fingerprint density at radius 3 is 2.37 bits per heavy atom. The number of rotatable bonds is 3. The third-order valence-electron chi connectivity index (χ3n) is 5.92. The molecule has 1 aliphatic rings. The molecule has 0 saturated carbocycles. The predicted octanol–water partition coefficient (Wildman–Crippen LogP) is 5.59. The van der Waals surface area contributed by atoms with Crippen LogP contribution in [-0.4, -0.2) is 28.0 Å². The number of fused-ring (bicyclic) bond motifs is 1. The molecule has 0 amide bonds. The summed E-state index contributed by atoms with van der Waals surface area (Å²) in [5.74, 6) is 0. The first-order valence-electron chi connectivity index (χ1n) is 10.5. The van der Waals surface area contributed by atoms with Crippen LogP contribution in [0, 0.1) is 20.8 Å². The largest absolute Gasteiger partial charge is 0.354 e. The number of aromatic amines is 1. The van der Waals surface area contributed by atoms with Gasteiger partial charge in [-0.1, -0.05) is 24.3 Å². The predicted molar refractivity (Wildman–Crippen MR) is 124 cm³/mol. The first kappa shape index (κ1) is 18.8. The van der Waals surface area contributed by atoms with E-state index in [0.29, 0.717) is 0 Å². The monoisotopic (exact) mass is 394 g/mol. The molecule has 0 unspecified atom stereocenters. The summed E-state index contributed by atoms with van der Waals surface area (Å²) in [4.78, 5) is 12.9. The lowest BCUT2D eigenvalue weighted by molar-refractivity contribution is 0.737. The standard InChI is InChI=1S/C26H26N4/c1-16-12-22(13-17(2)29-16)26-18(3)23-6-4-20(14-25(23)30-26)21-5-7-24(28-15-21)19-8-10-27-11-9-19/h4-8,12-15,27,30H,9-11H2,1-3H3. The molecule has 4 aromatic rings. The number of benzene rings is 1. The van der Waals surface area contributed by atoms with Crippen molar-refractivity contribution in [2.24, 2.45) is 0 Å². The van der Waals surface area contributed by atoms with Crippen LogP contribution in [0.2, 0.25) is 0 Å². The van der Waals surface area contributed by atoms with Gasteiger partial charge < -0.3 is 10.3 Å². The summed E-state index contributed by atoms with van der Waals surface area (Å²) in [6.07, 6.45) is 5.27. The van der Waals surface area contributed by atoms with E-state index in [1.807, 2.05) is 20.0 Å². The van der Waals surface area contributed by atoms with Crippen molar-refractivity contribution < 1.29 is 0 Å². The highest BCUT2D eigenvalue weighted by molar-refractivity contribution is 5.93. The van der Waals surface area contributed by atoms with E-state index in [1.54, 1.807) is 0 Å². The lowest BCUT2D eigenvalue weighted by Gasteiger charge is -2.13. The number of hydrogen-bond donors (Lipinski definition) is 2. The molecular weight excluding hydrogens is 368 g/mol. The molecule has 0 atom stereocenters. The minimum atomic E-state index is 0.931. The maximum Gasteiger partial charge on any atom is 0.0659 e. The summed E-state index contributed by atoms with van der Waals surface area (Å²) in [5.41, 5.74) is 11.6. The molecule has 0 fully saturated rings. The molecule has 4 heterocycles. The first-order valence-corrected chi connectivity index (χ1v) is 10.5. The summed E-state index contributed by atoms with van der Waals surface area (Å²) in [6, 6.07) is 15.2. The minimum absolute atomic E-state index is 0.931. The number of nitrogens with zero attached hydrogens (tertiary/aromatic N) is 2. The molecule has 1 aliphatic heterocycles. The number of pyridine rings is 2. The summed E-state index contributed by atoms with van der Waals surface area (Å²) in [5, 5.41) is 4.61. The fourth-order valence-electron chi connectivity index (χ4n) is 4.39. The van der Waals surface area contributed by atoms with Gasteiger partial charge in [0.15, 0.2) is 0 Å². The van der Waals surface area contributed by atoms with Crippen LogP contribution >= 0.6 is 0 Å². The van der Waals surface area contributed by atoms with Crippen LogP contribution in [0.15, 0.2) is 54.7 Å². The Morgan fingerprint density at radius 2 is 1.67 bits per heavy atom. The molecular formula is C26H26N4. The molecule has 3 aromatic heterocycles. The van der Waals surface area contributed by atoms with Crippen LogP contribution in [0.25, 0.3) is 38.9 Å². The Labute approximate surface area is 177 Å². The third kappa shape index (κ3) is 3.44. The molecule has 0 radical (unpaired) electrons. The Balaban J connectivity index is 1.51. The van der Waals surface area contributed by atoms with Gasteiger partial charge >= 0.3 is 0 Å². The molecule has 0 aliphatic carbocycles. The molecule has 0 spiro atoms. The van der Waals surface area contributed by atoms with Gasteiger partial charge in [0.25, 0.3) is 0 Å². The fourth-order valence-corrected chi connectivity index (χ4v) is 4.39. The van der Waals surface area contributed by atoms with Gasteiger partial charge in [-0.05, 0) is 74.7 Å². The molecule has 0 saturated heterocycles. The second-order valence-corrected chi connectivity index (χ2v) is 8.14. The first-order chi connectivity index (χ1) is 14.6. The van der Waals surface area contributed by atoms with Crippen LogP contribution in [-0.2, 0) is 0 Å². The van der Waals surface area contributed by atoms with Crippen molar-refractivity contribution in [1.29, 1.82) is 0 Å². The maximum atomic E-state index is 4.74. The summed E-state index contributed by atoms with van der Waals surface area (Å²) in [6.45, 7) is 8.23. The van der Waals surface area contributed by atoms with Gasteiger partial charge in [-0.25, -0.2) is 0 Å². The molecule has 30 heavy (non-hydrogen) atoms. The molecule has 4 heteroatoms. The zero-order chi connectivity index (χ0) is 20.7. The van der Waals surface area contributed by atoms with Crippen LogP contribution in [0.1, 0.15) is 29.1 Å². The van der Waals surface area contributed by atoms with Gasteiger partial charge in [-0.3, -0.25) is 9.97 Å². The summed E-state index contributed by atoms with van der Waals surface area (Å²) < 4.78 is 0. The Kier molecular flexibility index (Phi) is 4.72. The van der Waals surface area contributed by atoms with Gasteiger partial charge in [0, 0.05) is 51.9 Å². The van der Waals surface area contributed by atoms with Crippen LogP contribution in [0.5, 0.6) is 0 Å². The highest BCUT2D eigenvalue weighted by Gasteiger charge is 2.12. The SMILES string of the molecule is Cc1cc(-c2[nH]c3cc(-c4ccc(C5=CCNCC5)nc4)ccc3c2C)cc(C)n1. The van der Waals surface area contributed by atoms with E-state index < -0.39 is 0 Å². The van der Waals surface area contributed by atoms with Gasteiger partial charge in [-0.15, -0.1) is 0 Å². The van der Waals surface area contributed by atoms with Crippen molar-refractivity contribution in [2.75, 3.05) is 13.1 Å². The fraction of sp³-hybridized carbons (Fsp3) is 0.231. The highest BCUT2D eigenvalue weighted by Crippen LogP contribution is 2.33. The Bertz CT molecular complexity index is 1240. The number of H-pyrrole nitrogens is 1. The van der Waals surface area contributed by atoms with Gasteiger partial charge in [-0.2, -0.15) is 0 Å². The average molecular weight is 395 g/mol. The zero-order valence-electron chi connectivity index (χ0n) is 17.7. The van der Waals surface area contributed by atoms with Crippen LogP contribution in [0.4, 0.5) is 0 Å². The summed E-state index contributed by atoms with van der Waals surface area (Å²) >= 11 is 0. The molecule has 150 valence electrons. The van der Waals surface area contributed by atoms with Gasteiger partial charge in [0.05, 0.1) is 5.69 Å². The number of hydrogen-bond acceptors (Lipinski definition) is 3. The van der Waals surface area contributed by atoms with Crippen LogP contribution < -0.4 is 5.32 Å². The van der Waals surface area contributed by atoms with Crippen molar-refractivity contribution in [3.05, 3.63) is 77.4 Å². The molecule has 5 rings (SSSR count). The second kappa shape index (κ2) is 7.54. The van der Waals surface area contributed by atoms with E-state index in [4.69, 9.17) is 4.98 Å². The normalized spacial score (nSPS) is 14.2. The van der Waals surface area contributed by atoms with Gasteiger partial charge in [0.1, 0.15) is 0 Å². The molecule has 4 nitrogen and oxygen atoms in total. The van der Waals surface area contributed by atoms with Crippen molar-refractivity contribution in [3.8, 4) is 22.4 Å². The van der Waals surface area contributed by atoms with Crippen molar-refractivity contribution in [2.45, 2.75) is 27.2 Å². The van der Waals surface area contributed by atoms with Gasteiger partial charge in [0.2, 0.25) is 0 Å². The van der Waals surface area contributed by atoms with Crippen molar-refractivity contribution >= 4 is 16.5 Å². The minimum Gasteiger partial charge on any atom is -0.354 e. The van der Waals surface area contributed by atoms with E-state index in [2.05, 4.69) is 70.7 Å². The Morgan fingerprint density at radius 1 is 0.867 bits per heavy atom. The highest BCUT2D eigenvalue weighted by atomic mass is 14.9. The lowest BCUT2D eigenvalue weighted by atomic mass is 10.0. The smallest absolute Gasteiger partial charge is 0.0659 e. The number of aryl methyl sites for hydroxylation is 3. The quantitative estimate of drug-likeness (QED) is 0.476. The average Bonchev–Trinajstić information content (AvgIpc) is 3.10. The third-order valence-corrected chi connectivity index (χ3v) is 5.92.